The molecule has 1 amide bonds. The predicted octanol–water partition coefficient (Wildman–Crippen LogP) is 0.700. The Morgan fingerprint density at radius 2 is 1.92 bits per heavy atom. The Hall–Kier alpha value is -3.28. The number of hydrogen-bond acceptors (Lipinski definition) is 9. The van der Waals surface area contributed by atoms with Gasteiger partial charge in [0.25, 0.3) is 5.91 Å². The van der Waals surface area contributed by atoms with E-state index in [2.05, 4.69) is 10.2 Å². The van der Waals surface area contributed by atoms with E-state index < -0.39 is 63.9 Å². The molecule has 1 aromatic rings. The molecule has 6 atom stereocenters. The van der Waals surface area contributed by atoms with Gasteiger partial charge in [0, 0.05) is 34.2 Å². The fraction of sp³-hybridized carbons (Fsp3) is 0.519. The van der Waals surface area contributed by atoms with Crippen LogP contribution in [0.2, 0.25) is 0 Å². The molecule has 7 N–H and O–H groups in total. The Kier molecular flexibility index (Phi) is 5.34. The molecule has 4 aliphatic carbocycles. The summed E-state index contributed by atoms with van der Waals surface area (Å²) in [6.07, 6.45) is 1.14. The van der Waals surface area contributed by atoms with Crippen molar-refractivity contribution in [1.29, 1.82) is 0 Å². The van der Waals surface area contributed by atoms with Crippen molar-refractivity contribution in [3.63, 3.8) is 0 Å². The molecule has 0 bridgehead atoms. The van der Waals surface area contributed by atoms with E-state index in [1.165, 1.54) is 0 Å². The number of amides is 1. The summed E-state index contributed by atoms with van der Waals surface area (Å²) in [6, 6.07) is -1.40. The van der Waals surface area contributed by atoms with Gasteiger partial charge in [-0.25, -0.2) is 4.39 Å². The molecule has 0 aromatic heterocycles. The molecule has 1 saturated heterocycles. The van der Waals surface area contributed by atoms with E-state index in [-0.39, 0.29) is 53.8 Å². The van der Waals surface area contributed by atoms with Crippen molar-refractivity contribution < 1.29 is 39.2 Å². The van der Waals surface area contributed by atoms with Crippen LogP contribution in [0.1, 0.15) is 48.1 Å². The summed E-state index contributed by atoms with van der Waals surface area (Å²) in [5.74, 6) is -7.74. The van der Waals surface area contributed by atoms with Crippen LogP contribution >= 0.6 is 0 Å². The van der Waals surface area contributed by atoms with Gasteiger partial charge in [-0.3, -0.25) is 19.3 Å². The molecular weight excluding hydrogens is 497 g/mol. The summed E-state index contributed by atoms with van der Waals surface area (Å²) in [5, 5.41) is 48.0. The molecular formula is C27H30FN3O7. The Morgan fingerprint density at radius 1 is 1.21 bits per heavy atom. The van der Waals surface area contributed by atoms with Crippen LogP contribution in [-0.2, 0) is 27.2 Å². The number of primary amides is 1. The summed E-state index contributed by atoms with van der Waals surface area (Å²) in [7, 11) is 1.91. The normalized spacial score (nSPS) is 34.2. The number of hydrogen-bond donors (Lipinski definition) is 6. The molecule has 1 saturated carbocycles. The lowest BCUT2D eigenvalue weighted by Gasteiger charge is -2.49. The number of benzene rings is 1. The first-order valence-electron chi connectivity index (χ1n) is 12.9. The van der Waals surface area contributed by atoms with Gasteiger partial charge in [-0.15, -0.1) is 0 Å². The minimum atomic E-state index is -2.72. The van der Waals surface area contributed by atoms with Gasteiger partial charge in [-0.1, -0.05) is 6.92 Å². The summed E-state index contributed by atoms with van der Waals surface area (Å²) in [5.41, 5.74) is 2.19. The zero-order valence-electron chi connectivity index (χ0n) is 21.0. The average Bonchev–Trinajstić information content (AvgIpc) is 3.42. The number of likely N-dealkylation sites (tertiary alicyclic amines) is 1. The Labute approximate surface area is 217 Å². The molecule has 11 heteroatoms. The molecule has 0 radical (unpaired) electrons. The van der Waals surface area contributed by atoms with E-state index in [0.717, 1.165) is 13.0 Å². The Balaban J connectivity index is 1.55. The highest BCUT2D eigenvalue weighted by Gasteiger charge is 2.64. The van der Waals surface area contributed by atoms with Crippen LogP contribution in [0.4, 0.5) is 4.39 Å². The molecule has 0 spiro atoms. The van der Waals surface area contributed by atoms with Crippen LogP contribution in [-0.4, -0.2) is 74.6 Å². The van der Waals surface area contributed by atoms with Gasteiger partial charge in [0.1, 0.15) is 28.7 Å². The summed E-state index contributed by atoms with van der Waals surface area (Å²) < 4.78 is 16.2. The van der Waals surface area contributed by atoms with Crippen molar-refractivity contribution in [1.82, 2.24) is 10.2 Å². The minimum absolute atomic E-state index is 0.0546. The number of carbonyl (C=O) groups excluding carboxylic acids is 3. The number of nitrogens with two attached hydrogens (primary N) is 1. The maximum Gasteiger partial charge on any atom is 0.255 e. The highest BCUT2D eigenvalue weighted by atomic mass is 19.1. The topological polar surface area (TPSA) is 173 Å². The lowest BCUT2D eigenvalue weighted by molar-refractivity contribution is -0.150. The van der Waals surface area contributed by atoms with Gasteiger partial charge in [-0.05, 0) is 57.7 Å². The van der Waals surface area contributed by atoms with Gasteiger partial charge >= 0.3 is 0 Å². The van der Waals surface area contributed by atoms with Crippen molar-refractivity contribution in [2.24, 2.45) is 23.5 Å². The zero-order chi connectivity index (χ0) is 27.4. The molecule has 10 nitrogen and oxygen atoms in total. The first-order chi connectivity index (χ1) is 17.9. The van der Waals surface area contributed by atoms with Crippen molar-refractivity contribution in [2.45, 2.75) is 50.3 Å². The number of aliphatic hydroxyl groups is 3. The molecule has 202 valence electrons. The second kappa shape index (κ2) is 8.11. The van der Waals surface area contributed by atoms with E-state index in [1.807, 2.05) is 7.05 Å². The monoisotopic (exact) mass is 527 g/mol. The molecule has 1 aliphatic heterocycles. The number of carbonyl (C=O) groups is 3. The van der Waals surface area contributed by atoms with Crippen LogP contribution in [0.5, 0.6) is 5.75 Å². The number of phenolic OH excluding ortho intramolecular Hbond substituents is 1. The fourth-order valence-corrected chi connectivity index (χ4v) is 7.77. The van der Waals surface area contributed by atoms with Gasteiger partial charge in [0.2, 0.25) is 5.78 Å². The zero-order valence-corrected chi connectivity index (χ0v) is 21.0. The van der Waals surface area contributed by atoms with Gasteiger partial charge in [-0.2, -0.15) is 0 Å². The fourth-order valence-electron chi connectivity index (χ4n) is 7.77. The van der Waals surface area contributed by atoms with Gasteiger partial charge in [0.05, 0.1) is 11.6 Å². The number of nitrogens with zero attached hydrogens (tertiary/aromatic N) is 1. The van der Waals surface area contributed by atoms with E-state index in [1.54, 1.807) is 6.92 Å². The quantitative estimate of drug-likeness (QED) is 0.309. The number of aliphatic hydroxyl groups excluding tert-OH is 2. The highest BCUT2D eigenvalue weighted by Crippen LogP contribution is 2.56. The summed E-state index contributed by atoms with van der Waals surface area (Å²) in [6.45, 7) is 2.75. The van der Waals surface area contributed by atoms with Crippen molar-refractivity contribution in [3.05, 3.63) is 45.0 Å². The maximum atomic E-state index is 16.2. The lowest BCUT2D eigenvalue weighted by atomic mass is 9.57. The van der Waals surface area contributed by atoms with Gasteiger partial charge < -0.3 is 31.5 Å². The van der Waals surface area contributed by atoms with E-state index >= 15 is 4.39 Å². The molecule has 6 rings (SSSR count). The first-order valence-corrected chi connectivity index (χ1v) is 12.9. The van der Waals surface area contributed by atoms with E-state index in [4.69, 9.17) is 5.73 Å². The second-order valence-corrected chi connectivity index (χ2v) is 11.2. The maximum absolute atomic E-state index is 16.2. The number of aromatic hydroxyl groups is 1. The molecule has 5 aliphatic rings. The Bertz CT molecular complexity index is 1400. The van der Waals surface area contributed by atoms with E-state index in [0.29, 0.717) is 17.5 Å². The molecule has 2 fully saturated rings. The van der Waals surface area contributed by atoms with E-state index in [9.17, 15) is 34.8 Å². The third-order valence-corrected chi connectivity index (χ3v) is 9.40. The molecule has 1 aromatic carbocycles. The highest BCUT2D eigenvalue weighted by molar-refractivity contribution is 6.24. The van der Waals surface area contributed by atoms with Crippen LogP contribution < -0.4 is 11.1 Å². The van der Waals surface area contributed by atoms with Crippen molar-refractivity contribution in [3.8, 4) is 5.75 Å². The molecule has 0 unspecified atom stereocenters. The van der Waals surface area contributed by atoms with Crippen LogP contribution in [0.25, 0.3) is 5.76 Å². The van der Waals surface area contributed by atoms with Crippen LogP contribution in [0.3, 0.4) is 0 Å². The smallest absolute Gasteiger partial charge is 0.255 e. The number of rotatable bonds is 3. The number of ketones is 2. The molecule has 38 heavy (non-hydrogen) atoms. The first kappa shape index (κ1) is 25.0. The van der Waals surface area contributed by atoms with Crippen LogP contribution in [0.15, 0.2) is 16.9 Å². The molecule has 1 heterocycles. The predicted molar refractivity (Wildman–Crippen MR) is 131 cm³/mol. The number of fused-ring (bicyclic) bond motifs is 6. The third-order valence-electron chi connectivity index (χ3n) is 9.40. The lowest BCUT2D eigenvalue weighted by Crippen LogP contribution is -2.66. The third kappa shape index (κ3) is 2.89. The van der Waals surface area contributed by atoms with Gasteiger partial charge in [0.15, 0.2) is 11.4 Å². The second-order valence-electron chi connectivity index (χ2n) is 11.2. The number of likely N-dealkylation sites (N-methyl/N-ethyl adjacent to an activating group) is 1. The van der Waals surface area contributed by atoms with Crippen molar-refractivity contribution in [2.75, 3.05) is 20.1 Å². The SMILES string of the molecule is CCN[C@@H]1C(=O)C(C(N)=O)=C(O)[C@@]2(O)C(=O)C3=C(O)c4c(O)c5c(c(F)c4C[C@H]3C[C@@H]12)[C@@H]1[C@@H](CCN1C)C5. The summed E-state index contributed by atoms with van der Waals surface area (Å²) in [4.78, 5) is 41.1. The average molecular weight is 528 g/mol. The standard InChI is InChI=1S/C27H30FN3O7/c1-3-30-19-13-8-10-7-11-16(21(32)12-6-9-4-5-31(2)20(9)15(12)18(11)28)22(33)14(10)24(35)27(13,38)25(36)17(23(19)34)26(29)37/h9-10,13,19-20,30,32-33,36,38H,3-8H2,1-2H3,(H2,29,37)/t9-,10-,13-,19-,20-,27-/m0/s1. The largest absolute Gasteiger partial charge is 0.508 e. The summed E-state index contributed by atoms with van der Waals surface area (Å²) >= 11 is 0. The number of halogens is 1. The number of Topliss-reactive ketones (excluding diaryl/α,β-unsaturated/α-hetero) is 2. The minimum Gasteiger partial charge on any atom is -0.508 e. The van der Waals surface area contributed by atoms with Crippen molar-refractivity contribution >= 4 is 23.2 Å². The number of phenols is 1. The number of nitrogens with one attached hydrogen (secondary N) is 1. The Morgan fingerprint density at radius 3 is 2.58 bits per heavy atom. The van der Waals surface area contributed by atoms with Crippen LogP contribution in [0, 0.1) is 23.6 Å².